The minimum Gasteiger partial charge on any atom is -0.286 e. The molecule has 10 rings (SSSR count). The summed E-state index contributed by atoms with van der Waals surface area (Å²) >= 11 is 0. The number of benzene rings is 4. The molecule has 4 aromatic rings. The zero-order valence-electron chi connectivity index (χ0n) is 29.4. The smallest absolute Gasteiger partial charge is 0.144 e. The van der Waals surface area contributed by atoms with Gasteiger partial charge in [-0.05, 0) is 75.3 Å². The lowest BCUT2D eigenvalue weighted by atomic mass is 9.60. The van der Waals surface area contributed by atoms with Crippen molar-refractivity contribution in [3.8, 4) is 0 Å². The van der Waals surface area contributed by atoms with Crippen LogP contribution in [-0.4, -0.2) is 17.4 Å². The minimum absolute atomic E-state index is 0.104. The van der Waals surface area contributed by atoms with Crippen LogP contribution in [0, 0.1) is 11.8 Å². The van der Waals surface area contributed by atoms with Crippen molar-refractivity contribution >= 4 is 11.9 Å². The second kappa shape index (κ2) is 13.2. The van der Waals surface area contributed by atoms with E-state index in [0.717, 1.165) is 31.6 Å². The zero-order valence-corrected chi connectivity index (χ0v) is 29.4. The number of hydrazine groups is 1. The summed E-state index contributed by atoms with van der Waals surface area (Å²) in [6, 6.07) is 40.1. The monoisotopic (exact) mass is 673 g/mol. The standard InChI is InChI=1S/C49H43N3/c1-4-16-33(17-5-1)46-41-24-12-14-26-43(41)47(44-27-15-13-25-42(44)46)37-28-29-40-39-23-11-10-22-36(39)30-38(45(40)31-37)32-52-49(35-20-8-3-9-21-35)50-48(51-52)34-18-6-2-7-19-34/h1-8,10-20,22-24,26-31,40,42,45-48,51H,9,21,25,32H2. The van der Waals surface area contributed by atoms with Crippen LogP contribution in [0.3, 0.4) is 0 Å². The fourth-order valence-corrected chi connectivity index (χ4v) is 9.68. The van der Waals surface area contributed by atoms with E-state index in [1.54, 1.807) is 5.57 Å². The van der Waals surface area contributed by atoms with Gasteiger partial charge in [-0.1, -0.05) is 176 Å². The van der Waals surface area contributed by atoms with Gasteiger partial charge in [0.05, 0.1) is 6.54 Å². The third-order valence-electron chi connectivity index (χ3n) is 12.0. The second-order valence-electron chi connectivity index (χ2n) is 15.0. The summed E-state index contributed by atoms with van der Waals surface area (Å²) in [6.07, 6.45) is 26.9. The maximum absolute atomic E-state index is 5.33. The molecule has 5 aliphatic carbocycles. The Hall–Kier alpha value is -5.51. The topological polar surface area (TPSA) is 27.6 Å². The number of amidine groups is 1. The van der Waals surface area contributed by atoms with E-state index in [1.807, 2.05) is 0 Å². The number of allylic oxidation sites excluding steroid dienone is 11. The van der Waals surface area contributed by atoms with Gasteiger partial charge < -0.3 is 0 Å². The summed E-state index contributed by atoms with van der Waals surface area (Å²) in [6.45, 7) is 0.766. The van der Waals surface area contributed by atoms with Crippen molar-refractivity contribution in [2.45, 2.75) is 43.2 Å². The highest BCUT2D eigenvalue weighted by molar-refractivity contribution is 5.99. The molecule has 0 saturated heterocycles. The molecule has 1 heterocycles. The summed E-state index contributed by atoms with van der Waals surface area (Å²) in [5, 5.41) is 2.34. The third kappa shape index (κ3) is 5.43. The zero-order chi connectivity index (χ0) is 34.4. The summed E-state index contributed by atoms with van der Waals surface area (Å²) in [5.41, 5.74) is 17.8. The Labute approximate surface area is 307 Å². The van der Waals surface area contributed by atoms with Crippen molar-refractivity contribution in [1.29, 1.82) is 0 Å². The van der Waals surface area contributed by atoms with Crippen LogP contribution in [0.5, 0.6) is 0 Å². The first-order chi connectivity index (χ1) is 25.8. The van der Waals surface area contributed by atoms with Crippen LogP contribution in [0.1, 0.15) is 76.6 Å². The van der Waals surface area contributed by atoms with Gasteiger partial charge in [-0.15, -0.1) is 0 Å². The van der Waals surface area contributed by atoms with E-state index in [1.165, 1.54) is 50.1 Å². The van der Waals surface area contributed by atoms with E-state index in [0.29, 0.717) is 11.8 Å². The summed E-state index contributed by atoms with van der Waals surface area (Å²) < 4.78 is 0. The molecule has 3 nitrogen and oxygen atoms in total. The number of aliphatic imine (C=N–C) groups is 1. The molecule has 0 fully saturated rings. The highest BCUT2D eigenvalue weighted by Crippen LogP contribution is 2.55. The number of hydrogen-bond acceptors (Lipinski definition) is 3. The molecule has 6 atom stereocenters. The van der Waals surface area contributed by atoms with E-state index < -0.39 is 0 Å². The predicted octanol–water partition coefficient (Wildman–Crippen LogP) is 10.9. The number of hydrogen-bond donors (Lipinski definition) is 1. The van der Waals surface area contributed by atoms with Crippen molar-refractivity contribution < 1.29 is 0 Å². The van der Waals surface area contributed by atoms with Crippen LogP contribution in [-0.2, 0) is 0 Å². The normalized spacial score (nSPS) is 26.9. The molecule has 0 spiro atoms. The first-order valence-electron chi connectivity index (χ1n) is 19.0. The van der Waals surface area contributed by atoms with E-state index in [9.17, 15) is 0 Å². The number of nitrogens with one attached hydrogen (secondary N) is 1. The van der Waals surface area contributed by atoms with Gasteiger partial charge in [-0.3, -0.25) is 5.01 Å². The maximum atomic E-state index is 5.33. The molecular formula is C49H43N3. The Balaban J connectivity index is 1.05. The van der Waals surface area contributed by atoms with Crippen molar-refractivity contribution in [3.63, 3.8) is 0 Å². The molecular weight excluding hydrogens is 631 g/mol. The molecule has 52 heavy (non-hydrogen) atoms. The molecule has 0 radical (unpaired) electrons. The third-order valence-corrected chi connectivity index (χ3v) is 12.0. The first kappa shape index (κ1) is 31.2. The number of rotatable bonds is 6. The fraction of sp³-hybridized carbons (Fsp3) is 0.204. The Morgan fingerprint density at radius 3 is 2.25 bits per heavy atom. The van der Waals surface area contributed by atoms with Crippen molar-refractivity contribution in [3.05, 3.63) is 220 Å². The Morgan fingerprint density at radius 1 is 0.712 bits per heavy atom. The van der Waals surface area contributed by atoms with Gasteiger partial charge in [-0.25, -0.2) is 10.4 Å². The van der Waals surface area contributed by atoms with E-state index in [-0.39, 0.29) is 23.9 Å². The van der Waals surface area contributed by atoms with Gasteiger partial charge in [0.15, 0.2) is 0 Å². The van der Waals surface area contributed by atoms with Crippen LogP contribution in [0.15, 0.2) is 191 Å². The summed E-state index contributed by atoms with van der Waals surface area (Å²) in [5.74, 6) is 2.61. The average Bonchev–Trinajstić information content (AvgIpc) is 3.64. The van der Waals surface area contributed by atoms with E-state index in [2.05, 4.69) is 180 Å². The van der Waals surface area contributed by atoms with Crippen molar-refractivity contribution in [2.24, 2.45) is 16.8 Å². The van der Waals surface area contributed by atoms with E-state index >= 15 is 0 Å². The Morgan fingerprint density at radius 2 is 1.44 bits per heavy atom. The van der Waals surface area contributed by atoms with E-state index in [4.69, 9.17) is 4.99 Å². The quantitative estimate of drug-likeness (QED) is 0.221. The van der Waals surface area contributed by atoms with Gasteiger partial charge in [0, 0.05) is 23.7 Å². The first-order valence-corrected chi connectivity index (χ1v) is 19.0. The van der Waals surface area contributed by atoms with Gasteiger partial charge in [0.2, 0.25) is 0 Å². The fourth-order valence-electron chi connectivity index (χ4n) is 9.68. The molecule has 0 amide bonds. The van der Waals surface area contributed by atoms with Gasteiger partial charge in [0.25, 0.3) is 0 Å². The van der Waals surface area contributed by atoms with Crippen LogP contribution < -0.4 is 5.43 Å². The molecule has 0 bridgehead atoms. The lowest BCUT2D eigenvalue weighted by molar-refractivity contribution is 0.312. The molecule has 0 aromatic heterocycles. The Kier molecular flexibility index (Phi) is 7.95. The highest BCUT2D eigenvalue weighted by Gasteiger charge is 2.42. The van der Waals surface area contributed by atoms with Gasteiger partial charge in [0.1, 0.15) is 12.0 Å². The minimum atomic E-state index is -0.104. The van der Waals surface area contributed by atoms with Crippen molar-refractivity contribution in [1.82, 2.24) is 10.4 Å². The highest BCUT2D eigenvalue weighted by atomic mass is 15.6. The molecule has 4 aromatic carbocycles. The van der Waals surface area contributed by atoms with Gasteiger partial charge >= 0.3 is 0 Å². The molecule has 6 aliphatic rings. The SMILES string of the molecule is C1=CCCC(C2=NC(c3ccccc3)NN2CC2=Cc3ccccc3C3C=CC(C4C5=CC=CCC5C(c5ccccc5)c5ccccc54)=CC23)=C1. The molecule has 1 N–H and O–H groups in total. The summed E-state index contributed by atoms with van der Waals surface area (Å²) in [7, 11) is 0. The number of nitrogens with zero attached hydrogens (tertiary/aromatic N) is 2. The Bertz CT molecular complexity index is 2260. The lowest BCUT2D eigenvalue weighted by Crippen LogP contribution is -2.42. The second-order valence-corrected chi connectivity index (χ2v) is 15.0. The average molecular weight is 674 g/mol. The van der Waals surface area contributed by atoms with Crippen LogP contribution >= 0.6 is 0 Å². The molecule has 254 valence electrons. The molecule has 6 unspecified atom stereocenters. The molecule has 3 heteroatoms. The van der Waals surface area contributed by atoms with Gasteiger partial charge in [-0.2, -0.15) is 0 Å². The molecule has 0 saturated carbocycles. The maximum Gasteiger partial charge on any atom is 0.144 e. The van der Waals surface area contributed by atoms with Crippen LogP contribution in [0.2, 0.25) is 0 Å². The number of fused-ring (bicyclic) bond motifs is 5. The largest absolute Gasteiger partial charge is 0.286 e. The molecule has 1 aliphatic heterocycles. The van der Waals surface area contributed by atoms with Crippen LogP contribution in [0.25, 0.3) is 6.08 Å². The van der Waals surface area contributed by atoms with Crippen LogP contribution in [0.4, 0.5) is 0 Å². The lowest BCUT2D eigenvalue weighted by Gasteiger charge is -2.44. The summed E-state index contributed by atoms with van der Waals surface area (Å²) in [4.78, 5) is 5.33. The van der Waals surface area contributed by atoms with Crippen molar-refractivity contribution in [2.75, 3.05) is 6.54 Å². The predicted molar refractivity (Wildman–Crippen MR) is 214 cm³/mol.